The molecule has 0 bridgehead atoms. The van der Waals surface area contributed by atoms with Crippen molar-refractivity contribution in [2.75, 3.05) is 25.1 Å². The highest BCUT2D eigenvalue weighted by molar-refractivity contribution is 6.16. The fourth-order valence-corrected chi connectivity index (χ4v) is 6.70. The van der Waals surface area contributed by atoms with Gasteiger partial charge in [-0.3, -0.25) is 14.6 Å². The number of nitrogens with one attached hydrogen (secondary N) is 1. The molecule has 1 saturated heterocycles. The van der Waals surface area contributed by atoms with Gasteiger partial charge in [-0.15, -0.1) is 0 Å². The molecule has 3 N–H and O–H groups in total. The van der Waals surface area contributed by atoms with Crippen molar-refractivity contribution >= 4 is 23.3 Å². The van der Waals surface area contributed by atoms with Crippen LogP contribution >= 0.6 is 0 Å². The molecule has 10 nitrogen and oxygen atoms in total. The number of ether oxygens (including phenoxy) is 1. The second kappa shape index (κ2) is 12.3. The maximum absolute atomic E-state index is 15.7. The zero-order valence-electron chi connectivity index (χ0n) is 26.3. The Kier molecular flexibility index (Phi) is 8.49. The first kappa shape index (κ1) is 32.5. The van der Waals surface area contributed by atoms with E-state index in [0.29, 0.717) is 71.0 Å². The number of rotatable bonds is 8. The molecule has 2 amide bonds. The van der Waals surface area contributed by atoms with Gasteiger partial charge in [0.15, 0.2) is 0 Å². The highest BCUT2D eigenvalue weighted by Gasteiger charge is 2.47. The van der Waals surface area contributed by atoms with Crippen LogP contribution in [0.25, 0.3) is 11.1 Å². The second-order valence-corrected chi connectivity index (χ2v) is 12.4. The van der Waals surface area contributed by atoms with E-state index < -0.39 is 29.1 Å². The SMILES string of the molecule is COCc1c(F)cc(-c2c(C)nc(CC(N)=O)nc2C)cc1N1CCC2(CC1)N=C(c1ccc(C(F)(F)F)nc1C1CCC1)NC2=O. The summed E-state index contributed by atoms with van der Waals surface area (Å²) in [5.41, 5.74) is 7.25. The Morgan fingerprint density at radius 3 is 2.36 bits per heavy atom. The van der Waals surface area contributed by atoms with Crippen LogP contribution < -0.4 is 16.0 Å². The lowest BCUT2D eigenvalue weighted by Crippen LogP contribution is -2.49. The van der Waals surface area contributed by atoms with Gasteiger partial charge >= 0.3 is 6.18 Å². The molecule has 2 fully saturated rings. The van der Waals surface area contributed by atoms with Gasteiger partial charge in [0, 0.05) is 59.9 Å². The summed E-state index contributed by atoms with van der Waals surface area (Å²) < 4.78 is 61.5. The molecule has 2 aromatic heterocycles. The number of aromatic nitrogens is 3. The molecule has 248 valence electrons. The summed E-state index contributed by atoms with van der Waals surface area (Å²) in [6.07, 6.45) is -1.73. The smallest absolute Gasteiger partial charge is 0.380 e. The van der Waals surface area contributed by atoms with Crippen LogP contribution in [-0.2, 0) is 33.5 Å². The number of anilines is 1. The maximum atomic E-state index is 15.7. The van der Waals surface area contributed by atoms with Crippen molar-refractivity contribution in [3.05, 3.63) is 69.8 Å². The monoisotopic (exact) mass is 653 g/mol. The minimum Gasteiger partial charge on any atom is -0.380 e. The van der Waals surface area contributed by atoms with Crippen molar-refractivity contribution in [2.24, 2.45) is 10.7 Å². The van der Waals surface area contributed by atoms with Crippen molar-refractivity contribution in [1.82, 2.24) is 20.3 Å². The van der Waals surface area contributed by atoms with E-state index in [0.717, 1.165) is 25.3 Å². The molecule has 2 aliphatic heterocycles. The molecule has 1 saturated carbocycles. The van der Waals surface area contributed by atoms with Crippen molar-refractivity contribution in [2.45, 2.75) is 76.6 Å². The maximum Gasteiger partial charge on any atom is 0.433 e. The molecule has 0 atom stereocenters. The lowest BCUT2D eigenvalue weighted by molar-refractivity contribution is -0.141. The molecule has 1 aliphatic carbocycles. The Balaban J connectivity index is 1.30. The molecule has 0 unspecified atom stereocenters. The normalized spacial score (nSPS) is 17.9. The summed E-state index contributed by atoms with van der Waals surface area (Å²) in [7, 11) is 1.48. The highest BCUT2D eigenvalue weighted by Crippen LogP contribution is 2.41. The largest absolute Gasteiger partial charge is 0.433 e. The number of aliphatic imine (C=N–C) groups is 1. The van der Waals surface area contributed by atoms with Gasteiger partial charge in [-0.2, -0.15) is 13.2 Å². The summed E-state index contributed by atoms with van der Waals surface area (Å²) in [5, 5.41) is 2.84. The highest BCUT2D eigenvalue weighted by atomic mass is 19.4. The van der Waals surface area contributed by atoms with Gasteiger partial charge in [0.25, 0.3) is 5.91 Å². The summed E-state index contributed by atoms with van der Waals surface area (Å²) in [4.78, 5) is 44.5. The predicted octanol–water partition coefficient (Wildman–Crippen LogP) is 4.67. The van der Waals surface area contributed by atoms with E-state index in [4.69, 9.17) is 15.5 Å². The van der Waals surface area contributed by atoms with Gasteiger partial charge in [0.2, 0.25) is 5.91 Å². The number of pyridine rings is 1. The third-order valence-electron chi connectivity index (χ3n) is 9.27. The van der Waals surface area contributed by atoms with Crippen LogP contribution in [0.3, 0.4) is 0 Å². The molecule has 47 heavy (non-hydrogen) atoms. The van der Waals surface area contributed by atoms with Gasteiger partial charge in [0.1, 0.15) is 28.7 Å². The number of piperidine rings is 1. The molecular weight excluding hydrogens is 618 g/mol. The standard InChI is InChI=1S/C33H35F4N7O3/c1-17-28(18(2)40-27(39-17)15-26(38)45)20-13-23(34)22(16-47-3)24(14-20)44-11-9-32(10-12-44)31(46)42-30(43-32)21-7-8-25(33(35,36)37)41-29(21)19-5-4-6-19/h7-8,13-14,19H,4-6,9-12,15-16H2,1-3H3,(H2,38,45)(H,42,43,46). The Morgan fingerprint density at radius 2 is 1.79 bits per heavy atom. The van der Waals surface area contributed by atoms with Crippen LogP contribution in [0, 0.1) is 19.7 Å². The average molecular weight is 654 g/mol. The van der Waals surface area contributed by atoms with E-state index in [-0.39, 0.29) is 36.5 Å². The van der Waals surface area contributed by atoms with Crippen LogP contribution in [0.5, 0.6) is 0 Å². The minimum atomic E-state index is -4.58. The zero-order valence-corrected chi connectivity index (χ0v) is 26.3. The second-order valence-electron chi connectivity index (χ2n) is 12.4. The van der Waals surface area contributed by atoms with Gasteiger partial charge < -0.3 is 20.7 Å². The molecular formula is C33H35F4N7O3. The summed E-state index contributed by atoms with van der Waals surface area (Å²) in [5.74, 6) is -0.941. The van der Waals surface area contributed by atoms with E-state index in [1.807, 2.05) is 11.0 Å². The Hall–Kier alpha value is -4.46. The fraction of sp³-hybridized carbons (Fsp3) is 0.455. The quantitative estimate of drug-likeness (QED) is 0.338. The number of amides is 2. The third kappa shape index (κ3) is 6.18. The van der Waals surface area contributed by atoms with Crippen LogP contribution in [0.1, 0.15) is 77.7 Å². The number of benzene rings is 1. The first-order valence-corrected chi connectivity index (χ1v) is 15.5. The molecule has 6 rings (SSSR count). The number of halogens is 4. The first-order valence-electron chi connectivity index (χ1n) is 15.5. The fourth-order valence-electron chi connectivity index (χ4n) is 6.70. The van der Waals surface area contributed by atoms with Gasteiger partial charge in [-0.05, 0) is 69.4 Å². The van der Waals surface area contributed by atoms with Crippen molar-refractivity contribution in [1.29, 1.82) is 0 Å². The number of amidine groups is 1. The topological polar surface area (TPSA) is 136 Å². The first-order chi connectivity index (χ1) is 22.3. The Bertz CT molecular complexity index is 1760. The zero-order chi connectivity index (χ0) is 33.7. The van der Waals surface area contributed by atoms with E-state index in [1.165, 1.54) is 19.2 Å². The molecule has 3 aromatic rings. The van der Waals surface area contributed by atoms with Crippen molar-refractivity contribution < 1.29 is 31.9 Å². The van der Waals surface area contributed by atoms with Crippen LogP contribution in [-0.4, -0.2) is 58.3 Å². The Labute approximate surface area is 268 Å². The number of carbonyl (C=O) groups is 2. The summed E-state index contributed by atoms with van der Waals surface area (Å²) in [6, 6.07) is 5.55. The van der Waals surface area contributed by atoms with Gasteiger partial charge in [0.05, 0.1) is 18.7 Å². The minimum absolute atomic E-state index is 0.0166. The lowest BCUT2D eigenvalue weighted by atomic mass is 9.80. The van der Waals surface area contributed by atoms with Gasteiger partial charge in [-0.1, -0.05) is 6.42 Å². The molecule has 1 spiro atoms. The van der Waals surface area contributed by atoms with E-state index >= 15 is 4.39 Å². The molecule has 14 heteroatoms. The van der Waals surface area contributed by atoms with Crippen molar-refractivity contribution in [3.63, 3.8) is 0 Å². The molecule has 4 heterocycles. The number of alkyl halides is 3. The van der Waals surface area contributed by atoms with Crippen molar-refractivity contribution in [3.8, 4) is 11.1 Å². The number of hydrogen-bond acceptors (Lipinski definition) is 8. The number of aryl methyl sites for hydroxylation is 2. The summed E-state index contributed by atoms with van der Waals surface area (Å²) >= 11 is 0. The van der Waals surface area contributed by atoms with Crippen LogP contribution in [0.2, 0.25) is 0 Å². The molecule has 3 aliphatic rings. The number of nitrogens with two attached hydrogens (primary N) is 1. The van der Waals surface area contributed by atoms with Crippen LogP contribution in [0.4, 0.5) is 23.2 Å². The number of methoxy groups -OCH3 is 1. The average Bonchev–Trinajstić information content (AvgIpc) is 3.27. The van der Waals surface area contributed by atoms with Crippen LogP contribution in [0.15, 0.2) is 29.3 Å². The lowest BCUT2D eigenvalue weighted by Gasteiger charge is -2.38. The number of hydrogen-bond donors (Lipinski definition) is 2. The number of nitrogens with zero attached hydrogens (tertiary/aromatic N) is 5. The number of primary amides is 1. The summed E-state index contributed by atoms with van der Waals surface area (Å²) in [6.45, 7) is 4.25. The molecule has 0 radical (unpaired) electrons. The predicted molar refractivity (Wildman–Crippen MR) is 165 cm³/mol. The van der Waals surface area contributed by atoms with E-state index in [2.05, 4.69) is 20.3 Å². The van der Waals surface area contributed by atoms with Gasteiger partial charge in [-0.25, -0.2) is 19.3 Å². The molecule has 1 aromatic carbocycles. The Morgan fingerprint density at radius 1 is 1.11 bits per heavy atom. The van der Waals surface area contributed by atoms with E-state index in [9.17, 15) is 22.8 Å². The van der Waals surface area contributed by atoms with E-state index in [1.54, 1.807) is 13.8 Å². The number of carbonyl (C=O) groups excluding carboxylic acids is 2. The third-order valence-corrected chi connectivity index (χ3v) is 9.27.